The Morgan fingerprint density at radius 3 is 2.27 bits per heavy atom. The number of pyridine rings is 1. The quantitative estimate of drug-likeness (QED) is 0.512. The van der Waals surface area contributed by atoms with Gasteiger partial charge in [-0.25, -0.2) is 9.67 Å². The van der Waals surface area contributed by atoms with Gasteiger partial charge in [0.2, 0.25) is 0 Å². The van der Waals surface area contributed by atoms with E-state index in [0.29, 0.717) is 11.3 Å². The maximum Gasteiger partial charge on any atom is 0.417 e. The molecular weight excluding hydrogens is 461 g/mol. The van der Waals surface area contributed by atoms with Gasteiger partial charge in [0.25, 0.3) is 5.91 Å². The molecule has 1 aromatic carbocycles. The number of benzene rings is 1. The molecule has 2 aromatic heterocycles. The first-order valence-corrected chi connectivity index (χ1v) is 10.0. The number of hydrogen-bond acceptors (Lipinski definition) is 3. The molecule has 1 atom stereocenters. The van der Waals surface area contributed by atoms with Gasteiger partial charge in [0.05, 0.1) is 29.1 Å². The van der Waals surface area contributed by atoms with Gasteiger partial charge >= 0.3 is 6.18 Å². The summed E-state index contributed by atoms with van der Waals surface area (Å²) in [4.78, 5) is 16.8. The van der Waals surface area contributed by atoms with E-state index in [1.54, 1.807) is 0 Å². The van der Waals surface area contributed by atoms with Crippen LogP contribution in [0.15, 0.2) is 53.3 Å². The first kappa shape index (κ1) is 22.0. The lowest BCUT2D eigenvalue weighted by Gasteiger charge is -2.16. The predicted octanol–water partition coefficient (Wildman–Crippen LogP) is 5.66. The van der Waals surface area contributed by atoms with E-state index in [1.165, 1.54) is 16.9 Å². The van der Waals surface area contributed by atoms with Gasteiger partial charge in [-0.15, -0.1) is 0 Å². The Bertz CT molecular complexity index is 1030. The van der Waals surface area contributed by atoms with Crippen molar-refractivity contribution in [2.24, 2.45) is 0 Å². The van der Waals surface area contributed by atoms with E-state index in [-0.39, 0.29) is 23.7 Å². The zero-order valence-electron chi connectivity index (χ0n) is 16.5. The average molecular weight is 481 g/mol. The summed E-state index contributed by atoms with van der Waals surface area (Å²) in [5.41, 5.74) is 1.03. The third-order valence-electron chi connectivity index (χ3n) is 4.61. The Hall–Kier alpha value is -2.68. The maximum absolute atomic E-state index is 12.9. The van der Waals surface area contributed by atoms with Gasteiger partial charge in [0, 0.05) is 10.7 Å². The van der Waals surface area contributed by atoms with Crippen LogP contribution in [0.3, 0.4) is 0 Å². The van der Waals surface area contributed by atoms with Crippen molar-refractivity contribution in [2.45, 2.75) is 38.9 Å². The summed E-state index contributed by atoms with van der Waals surface area (Å²) in [5.74, 6) is -0.209. The van der Waals surface area contributed by atoms with Crippen LogP contribution in [0.4, 0.5) is 13.2 Å². The Balaban J connectivity index is 1.88. The largest absolute Gasteiger partial charge is 0.417 e. The van der Waals surface area contributed by atoms with Gasteiger partial charge in [-0.05, 0) is 42.7 Å². The number of nitrogens with one attached hydrogen (secondary N) is 1. The second-order valence-electron chi connectivity index (χ2n) is 7.16. The summed E-state index contributed by atoms with van der Waals surface area (Å²) in [6.45, 7) is 5.64. The van der Waals surface area contributed by atoms with Crippen LogP contribution in [0.2, 0.25) is 0 Å². The molecule has 0 fully saturated rings. The first-order chi connectivity index (χ1) is 14.1. The van der Waals surface area contributed by atoms with Gasteiger partial charge in [-0.3, -0.25) is 4.79 Å². The van der Waals surface area contributed by atoms with E-state index in [1.807, 2.05) is 45.0 Å². The van der Waals surface area contributed by atoms with Crippen LogP contribution >= 0.6 is 15.9 Å². The molecule has 3 aromatic rings. The van der Waals surface area contributed by atoms with E-state index in [9.17, 15) is 18.0 Å². The van der Waals surface area contributed by atoms with E-state index < -0.39 is 11.7 Å². The minimum Gasteiger partial charge on any atom is -0.345 e. The molecule has 0 aliphatic heterocycles. The highest BCUT2D eigenvalue weighted by Gasteiger charge is 2.31. The molecule has 158 valence electrons. The maximum atomic E-state index is 12.9. The van der Waals surface area contributed by atoms with Gasteiger partial charge in [0.1, 0.15) is 0 Å². The van der Waals surface area contributed by atoms with Gasteiger partial charge in [-0.2, -0.15) is 18.3 Å². The molecule has 2 heterocycles. The molecule has 3 rings (SSSR count). The third kappa shape index (κ3) is 4.72. The molecule has 0 bridgehead atoms. The van der Waals surface area contributed by atoms with E-state index in [2.05, 4.69) is 31.3 Å². The van der Waals surface area contributed by atoms with Crippen molar-refractivity contribution < 1.29 is 18.0 Å². The van der Waals surface area contributed by atoms with Crippen molar-refractivity contribution in [3.63, 3.8) is 0 Å². The second-order valence-corrected chi connectivity index (χ2v) is 8.08. The molecule has 0 saturated heterocycles. The third-order valence-corrected chi connectivity index (χ3v) is 5.14. The molecule has 1 unspecified atom stereocenters. The van der Waals surface area contributed by atoms with Crippen LogP contribution < -0.4 is 5.32 Å². The van der Waals surface area contributed by atoms with Crippen molar-refractivity contribution in [1.29, 1.82) is 0 Å². The van der Waals surface area contributed by atoms with Crippen LogP contribution in [0, 0.1) is 0 Å². The molecule has 30 heavy (non-hydrogen) atoms. The summed E-state index contributed by atoms with van der Waals surface area (Å²) >= 11 is 3.38. The zero-order chi connectivity index (χ0) is 22.1. The number of carbonyl (C=O) groups excluding carboxylic acids is 1. The monoisotopic (exact) mass is 480 g/mol. The van der Waals surface area contributed by atoms with E-state index in [0.717, 1.165) is 22.3 Å². The fourth-order valence-electron chi connectivity index (χ4n) is 3.06. The minimum atomic E-state index is -4.47. The van der Waals surface area contributed by atoms with Gasteiger partial charge < -0.3 is 5.32 Å². The summed E-state index contributed by atoms with van der Waals surface area (Å²) in [7, 11) is 0. The minimum absolute atomic E-state index is 0.111. The fourth-order valence-corrected chi connectivity index (χ4v) is 3.32. The summed E-state index contributed by atoms with van der Waals surface area (Å²) in [6.07, 6.45) is -2.29. The van der Waals surface area contributed by atoms with Crippen molar-refractivity contribution in [1.82, 2.24) is 20.1 Å². The lowest BCUT2D eigenvalue weighted by Crippen LogP contribution is -2.27. The topological polar surface area (TPSA) is 59.8 Å². The Morgan fingerprint density at radius 2 is 1.73 bits per heavy atom. The number of nitrogens with zero attached hydrogens (tertiary/aromatic N) is 3. The summed E-state index contributed by atoms with van der Waals surface area (Å²) < 4.78 is 40.8. The number of alkyl halides is 3. The number of halogens is 4. The van der Waals surface area contributed by atoms with Crippen molar-refractivity contribution in [3.8, 4) is 5.82 Å². The molecular formula is C21H20BrF3N4O. The number of rotatable bonds is 5. The molecule has 5 nitrogen and oxygen atoms in total. The standard InChI is InChI=1S/C21H20BrF3N4O/c1-12(2)19-17(20(30)28-13(3)14-4-7-16(22)8-5-14)11-27-29(19)18-9-6-15(10-26-18)21(23,24)25/h4-13H,1-3H3,(H,28,30). The lowest BCUT2D eigenvalue weighted by atomic mass is 10.0. The second kappa shape index (κ2) is 8.59. The van der Waals surface area contributed by atoms with Crippen LogP contribution in [0.25, 0.3) is 5.82 Å². The highest BCUT2D eigenvalue weighted by atomic mass is 79.9. The molecule has 0 radical (unpaired) electrons. The predicted molar refractivity (Wildman–Crippen MR) is 110 cm³/mol. The fraction of sp³-hybridized carbons (Fsp3) is 0.286. The normalized spacial score (nSPS) is 12.8. The molecule has 0 aliphatic carbocycles. The zero-order valence-corrected chi connectivity index (χ0v) is 18.1. The molecule has 0 saturated carbocycles. The van der Waals surface area contributed by atoms with E-state index in [4.69, 9.17) is 0 Å². The molecule has 0 spiro atoms. The van der Waals surface area contributed by atoms with Crippen LogP contribution in [0.5, 0.6) is 0 Å². The Kier molecular flexibility index (Phi) is 6.30. The molecule has 1 N–H and O–H groups in total. The number of hydrogen-bond donors (Lipinski definition) is 1. The highest BCUT2D eigenvalue weighted by molar-refractivity contribution is 9.10. The number of carbonyl (C=O) groups is 1. The van der Waals surface area contributed by atoms with Crippen molar-refractivity contribution in [3.05, 3.63) is 75.6 Å². The summed E-state index contributed by atoms with van der Waals surface area (Å²) in [6, 6.07) is 9.56. The van der Waals surface area contributed by atoms with Crippen LogP contribution in [-0.4, -0.2) is 20.7 Å². The van der Waals surface area contributed by atoms with Crippen molar-refractivity contribution in [2.75, 3.05) is 0 Å². The smallest absolute Gasteiger partial charge is 0.345 e. The van der Waals surface area contributed by atoms with Crippen molar-refractivity contribution >= 4 is 21.8 Å². The van der Waals surface area contributed by atoms with Crippen LogP contribution in [-0.2, 0) is 6.18 Å². The molecule has 9 heteroatoms. The average Bonchev–Trinajstić information content (AvgIpc) is 3.13. The van der Waals surface area contributed by atoms with Gasteiger partial charge in [-0.1, -0.05) is 41.9 Å². The molecule has 1 amide bonds. The highest BCUT2D eigenvalue weighted by Crippen LogP contribution is 2.29. The summed E-state index contributed by atoms with van der Waals surface area (Å²) in [5, 5.41) is 7.16. The Morgan fingerprint density at radius 1 is 1.07 bits per heavy atom. The SMILES string of the molecule is CC(C)c1c(C(=O)NC(C)c2ccc(Br)cc2)cnn1-c1ccc(C(F)(F)F)cn1. The first-order valence-electron chi connectivity index (χ1n) is 9.25. The Labute approximate surface area is 180 Å². The van der Waals surface area contributed by atoms with Gasteiger partial charge in [0.15, 0.2) is 5.82 Å². The van der Waals surface area contributed by atoms with Crippen LogP contribution in [0.1, 0.15) is 59.9 Å². The lowest BCUT2D eigenvalue weighted by molar-refractivity contribution is -0.137. The molecule has 0 aliphatic rings. The number of aromatic nitrogens is 3. The number of amides is 1. The van der Waals surface area contributed by atoms with E-state index >= 15 is 0 Å².